The van der Waals surface area contributed by atoms with Crippen LogP contribution in [0.4, 0.5) is 0 Å². The molecule has 60 valence electrons. The van der Waals surface area contributed by atoms with Gasteiger partial charge in [-0.05, 0) is 12.8 Å². The van der Waals surface area contributed by atoms with Crippen LogP contribution in [0.5, 0.6) is 0 Å². The first kappa shape index (κ1) is 7.98. The lowest BCUT2D eigenvalue weighted by Gasteiger charge is -2.12. The molecule has 1 fully saturated rings. The Balaban J connectivity index is 2.05. The van der Waals surface area contributed by atoms with Gasteiger partial charge in [0.15, 0.2) is 0 Å². The molecule has 0 aliphatic carbocycles. The van der Waals surface area contributed by atoms with Gasteiger partial charge in [-0.25, -0.2) is 0 Å². The molecule has 0 saturated carbocycles. The molecule has 0 amide bonds. The van der Waals surface area contributed by atoms with Crippen molar-refractivity contribution in [3.05, 3.63) is 0 Å². The van der Waals surface area contributed by atoms with Crippen LogP contribution in [0.1, 0.15) is 19.8 Å². The molecule has 0 bridgehead atoms. The van der Waals surface area contributed by atoms with E-state index < -0.39 is 0 Å². The zero-order valence-corrected chi connectivity index (χ0v) is 6.34. The molecular weight excluding hydrogens is 130 g/mol. The summed E-state index contributed by atoms with van der Waals surface area (Å²) in [5, 5.41) is 11.7. The molecule has 0 spiro atoms. The van der Waals surface area contributed by atoms with Gasteiger partial charge in [-0.15, -0.1) is 0 Å². The Labute approximate surface area is 61.4 Å². The third-order valence-corrected chi connectivity index (χ3v) is 1.81. The Kier molecular flexibility index (Phi) is 3.12. The van der Waals surface area contributed by atoms with Gasteiger partial charge in [0.1, 0.15) is 6.79 Å². The SMILES string of the molecule is CCC(CC1CN1)OCO. The van der Waals surface area contributed by atoms with E-state index in [2.05, 4.69) is 12.2 Å². The average molecular weight is 145 g/mol. The van der Waals surface area contributed by atoms with Crippen LogP contribution in [0.15, 0.2) is 0 Å². The van der Waals surface area contributed by atoms with Crippen molar-refractivity contribution in [2.45, 2.75) is 31.9 Å². The van der Waals surface area contributed by atoms with Crippen molar-refractivity contribution in [2.24, 2.45) is 0 Å². The highest BCUT2D eigenvalue weighted by atomic mass is 16.6. The third-order valence-electron chi connectivity index (χ3n) is 1.81. The normalized spacial score (nSPS) is 26.4. The highest BCUT2D eigenvalue weighted by Crippen LogP contribution is 2.11. The lowest BCUT2D eigenvalue weighted by atomic mass is 10.1. The van der Waals surface area contributed by atoms with Crippen molar-refractivity contribution in [3.8, 4) is 0 Å². The molecule has 3 nitrogen and oxygen atoms in total. The molecule has 0 aromatic carbocycles. The number of aliphatic hydroxyl groups is 1. The largest absolute Gasteiger partial charge is 0.371 e. The number of ether oxygens (including phenoxy) is 1. The quantitative estimate of drug-likeness (QED) is 0.426. The average Bonchev–Trinajstić information content (AvgIpc) is 2.71. The molecule has 2 N–H and O–H groups in total. The Morgan fingerprint density at radius 1 is 1.80 bits per heavy atom. The van der Waals surface area contributed by atoms with E-state index in [1.54, 1.807) is 0 Å². The Bertz CT molecular complexity index is 93.6. The molecule has 1 saturated heterocycles. The minimum absolute atomic E-state index is 0.148. The molecule has 1 rings (SSSR count). The van der Waals surface area contributed by atoms with Gasteiger partial charge in [0, 0.05) is 12.6 Å². The maximum absolute atomic E-state index is 8.46. The molecule has 0 radical (unpaired) electrons. The van der Waals surface area contributed by atoms with Crippen LogP contribution in [-0.2, 0) is 4.74 Å². The van der Waals surface area contributed by atoms with Gasteiger partial charge in [0.2, 0.25) is 0 Å². The summed E-state index contributed by atoms with van der Waals surface area (Å²) < 4.78 is 5.06. The van der Waals surface area contributed by atoms with Crippen molar-refractivity contribution in [1.29, 1.82) is 0 Å². The van der Waals surface area contributed by atoms with Crippen molar-refractivity contribution in [3.63, 3.8) is 0 Å². The molecule has 10 heavy (non-hydrogen) atoms. The van der Waals surface area contributed by atoms with Crippen LogP contribution in [0, 0.1) is 0 Å². The Morgan fingerprint density at radius 3 is 2.90 bits per heavy atom. The molecule has 1 aliphatic rings. The summed E-state index contributed by atoms with van der Waals surface area (Å²) in [6, 6.07) is 0.650. The third kappa shape index (κ3) is 2.64. The number of rotatable bonds is 5. The molecular formula is C7H15NO2. The molecule has 1 heterocycles. The van der Waals surface area contributed by atoms with Gasteiger partial charge in [-0.1, -0.05) is 6.92 Å². The summed E-state index contributed by atoms with van der Waals surface area (Å²) in [5.41, 5.74) is 0. The van der Waals surface area contributed by atoms with Crippen LogP contribution in [-0.4, -0.2) is 30.6 Å². The van der Waals surface area contributed by atoms with Crippen molar-refractivity contribution >= 4 is 0 Å². The van der Waals surface area contributed by atoms with Crippen LogP contribution in [0.2, 0.25) is 0 Å². The van der Waals surface area contributed by atoms with E-state index in [1.165, 1.54) is 0 Å². The number of hydrogen-bond donors (Lipinski definition) is 2. The van der Waals surface area contributed by atoms with E-state index in [-0.39, 0.29) is 12.9 Å². The fraction of sp³-hybridized carbons (Fsp3) is 1.00. The monoisotopic (exact) mass is 145 g/mol. The lowest BCUT2D eigenvalue weighted by Crippen LogP contribution is -2.15. The molecule has 0 aromatic rings. The number of hydrogen-bond acceptors (Lipinski definition) is 3. The summed E-state index contributed by atoms with van der Waals surface area (Å²) >= 11 is 0. The second kappa shape index (κ2) is 3.91. The van der Waals surface area contributed by atoms with Gasteiger partial charge in [0.25, 0.3) is 0 Å². The predicted molar refractivity (Wildman–Crippen MR) is 38.7 cm³/mol. The highest BCUT2D eigenvalue weighted by Gasteiger charge is 2.23. The van der Waals surface area contributed by atoms with E-state index in [1.807, 2.05) is 0 Å². The van der Waals surface area contributed by atoms with E-state index in [0.29, 0.717) is 6.04 Å². The Hall–Kier alpha value is -0.120. The van der Waals surface area contributed by atoms with Gasteiger partial charge >= 0.3 is 0 Å². The first-order chi connectivity index (χ1) is 4.86. The number of nitrogens with one attached hydrogen (secondary N) is 1. The first-order valence-corrected chi connectivity index (χ1v) is 3.82. The molecule has 1 aliphatic heterocycles. The van der Waals surface area contributed by atoms with Crippen LogP contribution >= 0.6 is 0 Å². The smallest absolute Gasteiger partial charge is 0.143 e. The van der Waals surface area contributed by atoms with E-state index >= 15 is 0 Å². The lowest BCUT2D eigenvalue weighted by molar-refractivity contribution is -0.0537. The van der Waals surface area contributed by atoms with Gasteiger partial charge in [-0.3, -0.25) is 0 Å². The summed E-state index contributed by atoms with van der Waals surface area (Å²) in [6.07, 6.45) is 2.26. The van der Waals surface area contributed by atoms with Crippen LogP contribution in [0.25, 0.3) is 0 Å². The maximum atomic E-state index is 8.46. The molecule has 2 unspecified atom stereocenters. The van der Waals surface area contributed by atoms with Crippen molar-refractivity contribution in [1.82, 2.24) is 5.32 Å². The Morgan fingerprint density at radius 2 is 2.50 bits per heavy atom. The van der Waals surface area contributed by atoms with Crippen molar-refractivity contribution in [2.75, 3.05) is 13.3 Å². The summed E-state index contributed by atoms with van der Waals surface area (Å²) in [6.45, 7) is 3.04. The first-order valence-electron chi connectivity index (χ1n) is 3.82. The predicted octanol–water partition coefficient (Wildman–Crippen LogP) is 0.0933. The second-order valence-electron chi connectivity index (χ2n) is 2.67. The van der Waals surface area contributed by atoms with Crippen LogP contribution in [0.3, 0.4) is 0 Å². The summed E-state index contributed by atoms with van der Waals surface area (Å²) in [7, 11) is 0. The number of aliphatic hydroxyl groups excluding tert-OH is 1. The van der Waals surface area contributed by atoms with Gasteiger partial charge in [-0.2, -0.15) is 0 Å². The molecule has 3 heteroatoms. The fourth-order valence-electron chi connectivity index (χ4n) is 1.03. The minimum Gasteiger partial charge on any atom is -0.371 e. The second-order valence-corrected chi connectivity index (χ2v) is 2.67. The summed E-state index contributed by atoms with van der Waals surface area (Å²) in [4.78, 5) is 0. The van der Waals surface area contributed by atoms with Crippen molar-refractivity contribution < 1.29 is 9.84 Å². The van der Waals surface area contributed by atoms with E-state index in [4.69, 9.17) is 9.84 Å². The molecule has 0 aromatic heterocycles. The molecule has 2 atom stereocenters. The van der Waals surface area contributed by atoms with Gasteiger partial charge < -0.3 is 15.2 Å². The highest BCUT2D eigenvalue weighted by molar-refractivity contribution is 4.85. The zero-order valence-electron chi connectivity index (χ0n) is 6.34. The fourth-order valence-corrected chi connectivity index (χ4v) is 1.03. The zero-order chi connectivity index (χ0) is 7.40. The van der Waals surface area contributed by atoms with E-state index in [0.717, 1.165) is 19.4 Å². The van der Waals surface area contributed by atoms with Crippen LogP contribution < -0.4 is 5.32 Å². The minimum atomic E-state index is -0.148. The van der Waals surface area contributed by atoms with E-state index in [9.17, 15) is 0 Å². The topological polar surface area (TPSA) is 51.4 Å². The van der Waals surface area contributed by atoms with Gasteiger partial charge in [0.05, 0.1) is 6.10 Å². The summed E-state index contributed by atoms with van der Waals surface area (Å²) in [5.74, 6) is 0. The standard InChI is InChI=1S/C7H15NO2/c1-2-7(10-5-9)3-6-4-8-6/h6-9H,2-5H2,1H3. The maximum Gasteiger partial charge on any atom is 0.143 e.